The van der Waals surface area contributed by atoms with Gasteiger partial charge in [0.05, 0.1) is 34.8 Å². The number of sulfonamides is 1. The molecule has 2 aromatic carbocycles. The third-order valence-electron chi connectivity index (χ3n) is 7.39. The summed E-state index contributed by atoms with van der Waals surface area (Å²) >= 11 is 24.8. The molecule has 3 aliphatic rings. The Balaban J connectivity index is 1.66. The first-order chi connectivity index (χ1) is 19.4. The normalized spacial score (nSPS) is 22.3. The van der Waals surface area contributed by atoms with Crippen LogP contribution < -0.4 is 0 Å². The summed E-state index contributed by atoms with van der Waals surface area (Å²) in [5.41, 5.74) is 0.666. The smallest absolute Gasteiger partial charge is 0.267 e. The number of carbonyl (C=O) groups excluding carboxylic acids is 2. The lowest BCUT2D eigenvalue weighted by atomic mass is 9.98. The summed E-state index contributed by atoms with van der Waals surface area (Å²) in [7, 11) is -4.30. The van der Waals surface area contributed by atoms with Crippen LogP contribution in [-0.2, 0) is 30.8 Å². The van der Waals surface area contributed by atoms with Gasteiger partial charge in [-0.3, -0.25) is 19.4 Å². The number of morpholine rings is 1. The van der Waals surface area contributed by atoms with Gasteiger partial charge in [-0.05, 0) is 49.7 Å². The van der Waals surface area contributed by atoms with Crippen LogP contribution in [0.25, 0.3) is 0 Å². The molecule has 2 atom stereocenters. The second-order valence-electron chi connectivity index (χ2n) is 10.3. The van der Waals surface area contributed by atoms with E-state index >= 15 is 0 Å². The van der Waals surface area contributed by atoms with E-state index in [-0.39, 0.29) is 51.6 Å². The third kappa shape index (κ3) is 5.80. The van der Waals surface area contributed by atoms with Crippen LogP contribution >= 0.6 is 46.4 Å². The van der Waals surface area contributed by atoms with Gasteiger partial charge in [0.1, 0.15) is 22.8 Å². The van der Waals surface area contributed by atoms with E-state index in [1.807, 2.05) is 18.7 Å². The molecule has 41 heavy (non-hydrogen) atoms. The number of rotatable bonds is 6. The number of ether oxygens (including phenoxy) is 1. The predicted molar refractivity (Wildman–Crippen MR) is 157 cm³/mol. The summed E-state index contributed by atoms with van der Waals surface area (Å²) < 4.78 is 35.2. The average molecular weight is 662 g/mol. The van der Waals surface area contributed by atoms with Gasteiger partial charge < -0.3 is 9.64 Å². The van der Waals surface area contributed by atoms with E-state index in [0.717, 1.165) is 0 Å². The van der Waals surface area contributed by atoms with Crippen molar-refractivity contribution >= 4 is 68.2 Å². The van der Waals surface area contributed by atoms with Crippen LogP contribution in [0.5, 0.6) is 0 Å². The minimum Gasteiger partial charge on any atom is -0.379 e. The minimum atomic E-state index is -4.30. The van der Waals surface area contributed by atoms with Gasteiger partial charge in [0, 0.05) is 36.8 Å². The maximum atomic E-state index is 14.3. The summed E-state index contributed by atoms with van der Waals surface area (Å²) in [6.07, 6.45) is 1.53. The van der Waals surface area contributed by atoms with E-state index in [9.17, 15) is 18.0 Å². The molecule has 2 aromatic rings. The number of carbonyl (C=O) groups is 2. The molecule has 3 aliphatic heterocycles. The number of fused-ring (bicyclic) bond motifs is 1. The van der Waals surface area contributed by atoms with Gasteiger partial charge in [-0.1, -0.05) is 52.5 Å². The van der Waals surface area contributed by atoms with Crippen molar-refractivity contribution in [1.82, 2.24) is 19.0 Å². The number of amides is 2. The van der Waals surface area contributed by atoms with E-state index < -0.39 is 22.1 Å². The molecular formula is C27H28Cl4N4O5S. The molecule has 2 fully saturated rings. The Morgan fingerprint density at radius 2 is 1.63 bits per heavy atom. The fourth-order valence-corrected chi connectivity index (χ4v) is 7.81. The maximum Gasteiger partial charge on any atom is 0.267 e. The number of nitrogens with zero attached hydrogens (tertiary/aromatic N) is 4. The molecule has 0 radical (unpaired) electrons. The van der Waals surface area contributed by atoms with Crippen molar-refractivity contribution in [2.24, 2.45) is 0 Å². The second-order valence-corrected chi connectivity index (χ2v) is 13.8. The fraction of sp³-hybridized carbons (Fsp3) is 0.407. The van der Waals surface area contributed by atoms with Gasteiger partial charge in [0.2, 0.25) is 11.8 Å². The highest BCUT2D eigenvalue weighted by Crippen LogP contribution is 2.38. The molecule has 0 aliphatic carbocycles. The second kappa shape index (κ2) is 11.9. The molecule has 5 rings (SSSR count). The van der Waals surface area contributed by atoms with Crippen molar-refractivity contribution < 1.29 is 22.7 Å². The van der Waals surface area contributed by atoms with Gasteiger partial charge >= 0.3 is 0 Å². The molecule has 9 nitrogen and oxygen atoms in total. The van der Waals surface area contributed by atoms with E-state index in [1.54, 1.807) is 18.2 Å². The Morgan fingerprint density at radius 1 is 0.927 bits per heavy atom. The molecule has 2 unspecified atom stereocenters. The van der Waals surface area contributed by atoms with E-state index in [2.05, 4.69) is 0 Å². The van der Waals surface area contributed by atoms with Crippen molar-refractivity contribution in [2.45, 2.75) is 43.3 Å². The fourth-order valence-electron chi connectivity index (χ4n) is 5.29. The summed E-state index contributed by atoms with van der Waals surface area (Å²) in [6, 6.07) is 6.93. The molecular weight excluding hydrogens is 634 g/mol. The molecule has 3 heterocycles. The number of benzene rings is 2. The van der Waals surface area contributed by atoms with Gasteiger partial charge in [0.25, 0.3) is 10.0 Å². The zero-order chi connectivity index (χ0) is 29.6. The van der Waals surface area contributed by atoms with Crippen molar-refractivity contribution in [1.29, 1.82) is 0 Å². The van der Waals surface area contributed by atoms with Crippen LogP contribution in [0.3, 0.4) is 0 Å². The van der Waals surface area contributed by atoms with Crippen molar-refractivity contribution in [2.75, 3.05) is 32.8 Å². The number of hydrogen-bond donors (Lipinski definition) is 0. The molecule has 14 heteroatoms. The third-order valence-corrected chi connectivity index (χ3v) is 10.6. The lowest BCUT2D eigenvalue weighted by Gasteiger charge is -2.51. The predicted octanol–water partition coefficient (Wildman–Crippen LogP) is 4.49. The lowest BCUT2D eigenvalue weighted by molar-refractivity contribution is -0.154. The maximum absolute atomic E-state index is 14.3. The molecule has 2 saturated heterocycles. The Labute approximate surface area is 259 Å². The van der Waals surface area contributed by atoms with Crippen LogP contribution in [0, 0.1) is 0 Å². The van der Waals surface area contributed by atoms with Gasteiger partial charge in [-0.25, -0.2) is 12.7 Å². The number of hydrogen-bond acceptors (Lipinski definition) is 6. The summed E-state index contributed by atoms with van der Waals surface area (Å²) in [5.74, 6) is -0.634. The Kier molecular flexibility index (Phi) is 8.84. The highest BCUT2D eigenvalue weighted by molar-refractivity contribution is 7.89. The van der Waals surface area contributed by atoms with E-state index in [1.165, 1.54) is 38.5 Å². The van der Waals surface area contributed by atoms with Gasteiger partial charge in [-0.2, -0.15) is 0 Å². The van der Waals surface area contributed by atoms with Crippen molar-refractivity contribution in [3.05, 3.63) is 74.1 Å². The largest absolute Gasteiger partial charge is 0.379 e. The van der Waals surface area contributed by atoms with Crippen LogP contribution in [0.1, 0.15) is 19.4 Å². The molecule has 0 N–H and O–H groups in total. The monoisotopic (exact) mass is 660 g/mol. The summed E-state index contributed by atoms with van der Waals surface area (Å²) in [5, 5.41) is 0.894. The van der Waals surface area contributed by atoms with Gasteiger partial charge in [-0.15, -0.1) is 0 Å². The lowest BCUT2D eigenvalue weighted by Crippen LogP contribution is -2.68. The van der Waals surface area contributed by atoms with Crippen molar-refractivity contribution in [3.8, 4) is 0 Å². The first-order valence-corrected chi connectivity index (χ1v) is 16.0. The zero-order valence-electron chi connectivity index (χ0n) is 22.3. The van der Waals surface area contributed by atoms with Crippen LogP contribution in [0.15, 0.2) is 53.3 Å². The highest BCUT2D eigenvalue weighted by atomic mass is 35.5. The van der Waals surface area contributed by atoms with Crippen LogP contribution in [0.2, 0.25) is 20.1 Å². The van der Waals surface area contributed by atoms with Crippen molar-refractivity contribution in [3.63, 3.8) is 0 Å². The van der Waals surface area contributed by atoms with Crippen LogP contribution in [-0.4, -0.2) is 90.2 Å². The van der Waals surface area contributed by atoms with E-state index in [4.69, 9.17) is 51.1 Å². The van der Waals surface area contributed by atoms with E-state index in [0.29, 0.717) is 41.9 Å². The summed E-state index contributed by atoms with van der Waals surface area (Å²) in [4.78, 5) is 32.7. The topological polar surface area (TPSA) is 90.5 Å². The summed E-state index contributed by atoms with van der Waals surface area (Å²) in [6.45, 7) is 5.13. The number of halogens is 4. The molecule has 2 amide bonds. The Morgan fingerprint density at radius 3 is 2.27 bits per heavy atom. The molecule has 0 spiro atoms. The molecule has 0 bridgehead atoms. The SMILES string of the molecule is CC(C)N1C=C2N(C(=O)C(N3CCOCC3)CN2S(=O)(=O)c2ccc(Cl)cc2Cl)C(Cc2ccc(Cl)c(Cl)c2)C1=O. The first-order valence-electron chi connectivity index (χ1n) is 13.0. The van der Waals surface area contributed by atoms with Crippen LogP contribution in [0.4, 0.5) is 0 Å². The average Bonchev–Trinajstić information content (AvgIpc) is 2.92. The molecule has 0 aromatic heterocycles. The highest BCUT2D eigenvalue weighted by Gasteiger charge is 2.51. The minimum absolute atomic E-state index is 0.0515. The quantitative estimate of drug-likeness (QED) is 0.453. The van der Waals surface area contributed by atoms with Gasteiger partial charge in [0.15, 0.2) is 0 Å². The molecule has 0 saturated carbocycles. The standard InChI is InChI=1S/C27H28Cl4N4O5S/c1-16(2)33-15-25-34(41(38,39)24-6-4-18(28)13-21(24)31)14-23(32-7-9-40-10-8-32)27(37)35(25)22(26(33)36)12-17-3-5-19(29)20(30)11-17/h3-6,11,13,15-16,22-23H,7-10,12,14H2,1-2H3. The Bertz CT molecular complexity index is 1510. The molecule has 220 valence electrons. The first kappa shape index (κ1) is 30.4. The zero-order valence-corrected chi connectivity index (χ0v) is 26.1. The Hall–Kier alpha value is -2.05.